The number of thioether (sulfide) groups is 1. The summed E-state index contributed by atoms with van der Waals surface area (Å²) in [4.78, 5) is 49.5. The van der Waals surface area contributed by atoms with Crippen LogP contribution in [0.4, 0.5) is 0 Å². The van der Waals surface area contributed by atoms with E-state index in [4.69, 9.17) is 5.73 Å². The van der Waals surface area contributed by atoms with Gasteiger partial charge >= 0.3 is 5.97 Å². The van der Waals surface area contributed by atoms with E-state index in [1.807, 2.05) is 20.1 Å². The first-order valence-electron chi connectivity index (χ1n) is 11.1. The monoisotopic (exact) mass is 496 g/mol. The van der Waals surface area contributed by atoms with Crippen LogP contribution in [0, 0.1) is 5.92 Å². The average Bonchev–Trinajstić information content (AvgIpc) is 2.76. The Kier molecular flexibility index (Phi) is 12.4. The number of nitrogens with two attached hydrogens (primary N) is 1. The van der Waals surface area contributed by atoms with E-state index < -0.39 is 47.9 Å². The molecule has 0 aliphatic carbocycles. The van der Waals surface area contributed by atoms with Crippen LogP contribution >= 0.6 is 11.8 Å². The Labute approximate surface area is 204 Å². The summed E-state index contributed by atoms with van der Waals surface area (Å²) in [5.41, 5.74) is 6.47. The van der Waals surface area contributed by atoms with Crippen LogP contribution in [-0.2, 0) is 25.6 Å². The molecule has 0 saturated heterocycles. The Bertz CT molecular complexity index is 833. The van der Waals surface area contributed by atoms with E-state index in [2.05, 4.69) is 16.0 Å². The SMILES string of the molecule is CSCCC(NC(=O)C(C)NC(=O)C(N)CC(C)C)C(=O)NC(Cc1ccc(O)cc1)C(=O)O. The minimum Gasteiger partial charge on any atom is -0.508 e. The van der Waals surface area contributed by atoms with Gasteiger partial charge in [0.15, 0.2) is 0 Å². The summed E-state index contributed by atoms with van der Waals surface area (Å²) in [6, 6.07) is 2.12. The van der Waals surface area contributed by atoms with E-state index in [9.17, 15) is 29.4 Å². The Balaban J connectivity index is 2.82. The number of carboxylic acids is 1. The Morgan fingerprint density at radius 1 is 0.941 bits per heavy atom. The van der Waals surface area contributed by atoms with Gasteiger partial charge < -0.3 is 31.9 Å². The number of benzene rings is 1. The first kappa shape index (κ1) is 29.2. The molecular weight excluding hydrogens is 460 g/mol. The molecule has 7 N–H and O–H groups in total. The van der Waals surface area contributed by atoms with Crippen LogP contribution < -0.4 is 21.7 Å². The zero-order valence-corrected chi connectivity index (χ0v) is 20.9. The quantitative estimate of drug-likeness (QED) is 0.218. The second-order valence-electron chi connectivity index (χ2n) is 8.58. The molecule has 0 bridgehead atoms. The van der Waals surface area contributed by atoms with Gasteiger partial charge in [-0.1, -0.05) is 26.0 Å². The Hall–Kier alpha value is -2.79. The van der Waals surface area contributed by atoms with E-state index in [1.165, 1.54) is 30.8 Å². The minimum absolute atomic E-state index is 0.00471. The standard InChI is InChI=1S/C23H36N4O6S/c1-13(2)11-17(24)21(30)25-14(3)20(29)26-18(9-10-34-4)22(31)27-19(23(32)33)12-15-5-7-16(28)8-6-15/h5-8,13-14,17-19,28H,9-12,24H2,1-4H3,(H,25,30)(H,26,29)(H,27,31)(H,32,33). The fourth-order valence-electron chi connectivity index (χ4n) is 3.14. The highest BCUT2D eigenvalue weighted by Crippen LogP contribution is 2.12. The summed E-state index contributed by atoms with van der Waals surface area (Å²) in [5.74, 6) is -2.08. The number of aromatic hydroxyl groups is 1. The number of nitrogens with one attached hydrogen (secondary N) is 3. The molecule has 0 saturated carbocycles. The predicted octanol–water partition coefficient (Wildman–Crippen LogP) is 0.620. The third-order valence-electron chi connectivity index (χ3n) is 5.05. The fraction of sp³-hybridized carbons (Fsp3) is 0.565. The predicted molar refractivity (Wildman–Crippen MR) is 131 cm³/mol. The topological polar surface area (TPSA) is 171 Å². The van der Waals surface area contributed by atoms with Crippen LogP contribution in [0.3, 0.4) is 0 Å². The second kappa shape index (κ2) is 14.5. The van der Waals surface area contributed by atoms with Crippen molar-refractivity contribution in [1.29, 1.82) is 0 Å². The van der Waals surface area contributed by atoms with Crippen LogP contribution in [-0.4, -0.2) is 70.1 Å². The number of rotatable bonds is 14. The number of hydrogen-bond acceptors (Lipinski definition) is 7. The molecule has 1 aromatic rings. The normalized spacial score (nSPS) is 14.5. The van der Waals surface area contributed by atoms with E-state index in [-0.39, 0.29) is 24.5 Å². The van der Waals surface area contributed by atoms with E-state index in [0.717, 1.165) is 0 Å². The highest BCUT2D eigenvalue weighted by atomic mass is 32.2. The number of hydrogen-bond donors (Lipinski definition) is 6. The van der Waals surface area contributed by atoms with Gasteiger partial charge in [0.25, 0.3) is 0 Å². The van der Waals surface area contributed by atoms with Crippen molar-refractivity contribution in [3.05, 3.63) is 29.8 Å². The number of phenolic OH excluding ortho intramolecular Hbond substituents is 1. The molecule has 1 aromatic carbocycles. The number of carbonyl (C=O) groups excluding carboxylic acids is 3. The fourth-order valence-corrected chi connectivity index (χ4v) is 3.61. The molecule has 0 fully saturated rings. The van der Waals surface area contributed by atoms with Crippen LogP contribution in [0.2, 0.25) is 0 Å². The van der Waals surface area contributed by atoms with Crippen molar-refractivity contribution in [3.8, 4) is 5.75 Å². The van der Waals surface area contributed by atoms with Crippen LogP contribution in [0.15, 0.2) is 24.3 Å². The van der Waals surface area contributed by atoms with Crippen molar-refractivity contribution in [2.45, 2.75) is 64.2 Å². The van der Waals surface area contributed by atoms with Gasteiger partial charge in [-0.2, -0.15) is 11.8 Å². The van der Waals surface area contributed by atoms with Gasteiger partial charge in [0.2, 0.25) is 17.7 Å². The van der Waals surface area contributed by atoms with Crippen molar-refractivity contribution >= 4 is 35.5 Å². The van der Waals surface area contributed by atoms with Gasteiger partial charge in [-0.15, -0.1) is 0 Å². The van der Waals surface area contributed by atoms with Gasteiger partial charge in [0.05, 0.1) is 6.04 Å². The Morgan fingerprint density at radius 3 is 2.06 bits per heavy atom. The number of phenols is 1. The van der Waals surface area contributed by atoms with Crippen molar-refractivity contribution in [2.75, 3.05) is 12.0 Å². The van der Waals surface area contributed by atoms with E-state index in [0.29, 0.717) is 17.7 Å². The molecule has 4 atom stereocenters. The summed E-state index contributed by atoms with van der Waals surface area (Å²) in [6.45, 7) is 5.36. The maximum atomic E-state index is 12.9. The molecule has 0 heterocycles. The van der Waals surface area contributed by atoms with Crippen LogP contribution in [0.25, 0.3) is 0 Å². The molecule has 0 aliphatic rings. The molecule has 190 valence electrons. The largest absolute Gasteiger partial charge is 0.508 e. The smallest absolute Gasteiger partial charge is 0.326 e. The number of amides is 3. The van der Waals surface area contributed by atoms with Gasteiger partial charge in [-0.3, -0.25) is 14.4 Å². The lowest BCUT2D eigenvalue weighted by Crippen LogP contribution is -2.56. The molecule has 4 unspecified atom stereocenters. The zero-order valence-electron chi connectivity index (χ0n) is 20.0. The number of carboxylic acid groups (broad SMARTS) is 1. The summed E-state index contributed by atoms with van der Waals surface area (Å²) < 4.78 is 0. The van der Waals surface area contributed by atoms with Crippen LogP contribution in [0.1, 0.15) is 39.2 Å². The summed E-state index contributed by atoms with van der Waals surface area (Å²) in [5, 5.41) is 26.6. The molecule has 0 radical (unpaired) electrons. The third kappa shape index (κ3) is 10.4. The third-order valence-corrected chi connectivity index (χ3v) is 5.69. The lowest BCUT2D eigenvalue weighted by Gasteiger charge is -2.24. The Morgan fingerprint density at radius 2 is 1.53 bits per heavy atom. The van der Waals surface area contributed by atoms with Gasteiger partial charge in [0, 0.05) is 6.42 Å². The lowest BCUT2D eigenvalue weighted by atomic mass is 10.0. The van der Waals surface area contributed by atoms with Crippen LogP contribution in [0.5, 0.6) is 5.75 Å². The molecule has 1 rings (SSSR count). The molecule has 3 amide bonds. The lowest BCUT2D eigenvalue weighted by molar-refractivity contribution is -0.142. The molecule has 11 heteroatoms. The molecule has 34 heavy (non-hydrogen) atoms. The average molecular weight is 497 g/mol. The van der Waals surface area contributed by atoms with Crippen molar-refractivity contribution in [1.82, 2.24) is 16.0 Å². The molecule has 0 aliphatic heterocycles. The molecular formula is C23H36N4O6S. The maximum Gasteiger partial charge on any atom is 0.326 e. The second-order valence-corrected chi connectivity index (χ2v) is 9.56. The number of carbonyl (C=O) groups is 4. The van der Waals surface area contributed by atoms with Crippen molar-refractivity contribution in [2.24, 2.45) is 11.7 Å². The first-order valence-corrected chi connectivity index (χ1v) is 12.5. The van der Waals surface area contributed by atoms with Gasteiger partial charge in [-0.25, -0.2) is 4.79 Å². The summed E-state index contributed by atoms with van der Waals surface area (Å²) in [7, 11) is 0. The van der Waals surface area contributed by atoms with Crippen molar-refractivity contribution in [3.63, 3.8) is 0 Å². The van der Waals surface area contributed by atoms with Gasteiger partial charge in [-0.05, 0) is 55.4 Å². The number of aliphatic carboxylic acids is 1. The molecule has 10 nitrogen and oxygen atoms in total. The molecule has 0 aromatic heterocycles. The van der Waals surface area contributed by atoms with Crippen molar-refractivity contribution < 1.29 is 29.4 Å². The molecule has 0 spiro atoms. The zero-order chi connectivity index (χ0) is 25.8. The maximum absolute atomic E-state index is 12.9. The minimum atomic E-state index is -1.23. The summed E-state index contributed by atoms with van der Waals surface area (Å²) in [6.07, 6.45) is 2.60. The van der Waals surface area contributed by atoms with E-state index in [1.54, 1.807) is 12.1 Å². The highest BCUT2D eigenvalue weighted by Gasteiger charge is 2.28. The van der Waals surface area contributed by atoms with Gasteiger partial charge in [0.1, 0.15) is 23.9 Å². The highest BCUT2D eigenvalue weighted by molar-refractivity contribution is 7.98. The summed E-state index contributed by atoms with van der Waals surface area (Å²) >= 11 is 1.47. The first-order chi connectivity index (χ1) is 15.9. The van der Waals surface area contributed by atoms with E-state index >= 15 is 0 Å².